The van der Waals surface area contributed by atoms with E-state index in [9.17, 15) is 13.7 Å². The van der Waals surface area contributed by atoms with E-state index in [0.29, 0.717) is 45.7 Å². The normalized spacial score (nSPS) is 13.4. The first-order chi connectivity index (χ1) is 15.8. The molecule has 0 saturated carbocycles. The predicted octanol–water partition coefficient (Wildman–Crippen LogP) is 3.80. The molecule has 0 radical (unpaired) electrons. The lowest BCUT2D eigenvalue weighted by atomic mass is 10.1. The molecule has 0 atom stereocenters. The minimum Gasteiger partial charge on any atom is -0.456 e. The number of nitrogens with zero attached hydrogens (tertiary/aromatic N) is 3. The summed E-state index contributed by atoms with van der Waals surface area (Å²) in [4.78, 5) is 5.99. The van der Waals surface area contributed by atoms with Gasteiger partial charge < -0.3 is 15.4 Å². The van der Waals surface area contributed by atoms with E-state index < -0.39 is 10.0 Å². The summed E-state index contributed by atoms with van der Waals surface area (Å²) in [6, 6.07) is 15.1. The van der Waals surface area contributed by atoms with Crippen molar-refractivity contribution in [1.82, 2.24) is 4.98 Å². The molecule has 0 fully saturated rings. The molecule has 8 nitrogen and oxygen atoms in total. The predicted molar refractivity (Wildman–Crippen MR) is 127 cm³/mol. The number of benzene rings is 2. The highest BCUT2D eigenvalue weighted by Gasteiger charge is 2.21. The lowest BCUT2D eigenvalue weighted by Gasteiger charge is -2.25. The number of nitrogens with two attached hydrogens (primary N) is 2. The largest absolute Gasteiger partial charge is 0.456 e. The van der Waals surface area contributed by atoms with Crippen molar-refractivity contribution in [2.45, 2.75) is 4.90 Å². The van der Waals surface area contributed by atoms with Gasteiger partial charge in [-0.05, 0) is 48.6 Å². The molecule has 10 heteroatoms. The fraction of sp³-hybridized carbons (Fsp3) is 0.0435. The Bertz CT molecular complexity index is 1440. The zero-order valence-electron chi connectivity index (χ0n) is 17.1. The Morgan fingerprint density at radius 2 is 2.00 bits per heavy atom. The SMILES string of the molecule is N#Cc1c(Cl)cccc1OC1=CCN(c2cc(-c3cc(N)ccn3)ccc2S(N)(=O)=O)C=C1. The van der Waals surface area contributed by atoms with Crippen LogP contribution in [0.2, 0.25) is 5.02 Å². The molecule has 1 aliphatic heterocycles. The van der Waals surface area contributed by atoms with E-state index in [1.165, 1.54) is 6.07 Å². The molecule has 1 aromatic heterocycles. The van der Waals surface area contributed by atoms with Crippen LogP contribution in [0.3, 0.4) is 0 Å². The number of allylic oxidation sites excluding steroid dienone is 1. The maximum absolute atomic E-state index is 12.2. The van der Waals surface area contributed by atoms with Gasteiger partial charge in [-0.3, -0.25) is 4.98 Å². The molecule has 33 heavy (non-hydrogen) atoms. The Morgan fingerprint density at radius 1 is 1.18 bits per heavy atom. The summed E-state index contributed by atoms with van der Waals surface area (Å²) < 4.78 is 30.2. The van der Waals surface area contributed by atoms with Gasteiger partial charge in [-0.1, -0.05) is 23.7 Å². The number of aromatic nitrogens is 1. The minimum absolute atomic E-state index is 0.0285. The van der Waals surface area contributed by atoms with E-state index in [2.05, 4.69) is 4.98 Å². The van der Waals surface area contributed by atoms with Crippen LogP contribution in [0.5, 0.6) is 5.75 Å². The highest BCUT2D eigenvalue weighted by molar-refractivity contribution is 7.89. The third-order valence-corrected chi connectivity index (χ3v) is 6.15. The summed E-state index contributed by atoms with van der Waals surface area (Å²) in [5, 5.41) is 15.1. The Balaban J connectivity index is 1.65. The fourth-order valence-electron chi connectivity index (χ4n) is 3.31. The maximum Gasteiger partial charge on any atom is 0.240 e. The van der Waals surface area contributed by atoms with Crippen molar-refractivity contribution in [3.05, 3.63) is 89.4 Å². The van der Waals surface area contributed by atoms with E-state index in [-0.39, 0.29) is 10.5 Å². The molecule has 0 aliphatic carbocycles. The van der Waals surface area contributed by atoms with E-state index in [0.717, 1.165) is 0 Å². The number of anilines is 2. The van der Waals surface area contributed by atoms with Crippen molar-refractivity contribution in [1.29, 1.82) is 5.26 Å². The monoisotopic (exact) mass is 479 g/mol. The number of primary sulfonamides is 1. The van der Waals surface area contributed by atoms with Crippen LogP contribution in [0.4, 0.5) is 11.4 Å². The highest BCUT2D eigenvalue weighted by Crippen LogP contribution is 2.33. The lowest BCUT2D eigenvalue weighted by molar-refractivity contribution is 0.439. The van der Waals surface area contributed by atoms with E-state index in [1.807, 2.05) is 6.07 Å². The molecule has 2 heterocycles. The first-order valence-electron chi connectivity index (χ1n) is 9.66. The average molecular weight is 480 g/mol. The Morgan fingerprint density at radius 3 is 2.67 bits per heavy atom. The number of nitriles is 1. The number of pyridine rings is 1. The van der Waals surface area contributed by atoms with Crippen molar-refractivity contribution in [2.75, 3.05) is 17.2 Å². The van der Waals surface area contributed by atoms with Crippen LogP contribution >= 0.6 is 11.6 Å². The van der Waals surface area contributed by atoms with Gasteiger partial charge in [0.05, 0.1) is 16.4 Å². The van der Waals surface area contributed by atoms with E-state index in [1.54, 1.807) is 71.9 Å². The van der Waals surface area contributed by atoms with Crippen molar-refractivity contribution in [3.8, 4) is 23.1 Å². The van der Waals surface area contributed by atoms with Crippen LogP contribution < -0.4 is 20.5 Å². The van der Waals surface area contributed by atoms with Gasteiger partial charge >= 0.3 is 0 Å². The van der Waals surface area contributed by atoms with Gasteiger partial charge in [0.1, 0.15) is 28.0 Å². The van der Waals surface area contributed by atoms with Crippen molar-refractivity contribution >= 4 is 33.0 Å². The molecule has 4 N–H and O–H groups in total. The summed E-state index contributed by atoms with van der Waals surface area (Å²) in [5.41, 5.74) is 8.29. The number of hydrogen-bond acceptors (Lipinski definition) is 7. The summed E-state index contributed by atoms with van der Waals surface area (Å²) in [7, 11) is -3.99. The Hall–Kier alpha value is -3.84. The van der Waals surface area contributed by atoms with Gasteiger partial charge in [0.25, 0.3) is 0 Å². The maximum atomic E-state index is 12.2. The number of sulfonamides is 1. The number of hydrogen-bond donors (Lipinski definition) is 2. The van der Waals surface area contributed by atoms with Crippen molar-refractivity contribution in [3.63, 3.8) is 0 Å². The summed E-state index contributed by atoms with van der Waals surface area (Å²) in [6.07, 6.45) is 6.66. The summed E-state index contributed by atoms with van der Waals surface area (Å²) in [6.45, 7) is 0.296. The van der Waals surface area contributed by atoms with Crippen LogP contribution in [0.1, 0.15) is 5.56 Å². The molecule has 0 amide bonds. The highest BCUT2D eigenvalue weighted by atomic mass is 35.5. The summed E-state index contributed by atoms with van der Waals surface area (Å²) in [5.74, 6) is 0.810. The van der Waals surface area contributed by atoms with Crippen LogP contribution in [-0.2, 0) is 10.0 Å². The lowest BCUT2D eigenvalue weighted by Crippen LogP contribution is -2.24. The van der Waals surface area contributed by atoms with Gasteiger partial charge in [0.2, 0.25) is 10.0 Å². The van der Waals surface area contributed by atoms with Crippen LogP contribution in [0.15, 0.2) is 83.7 Å². The first-order valence-corrected chi connectivity index (χ1v) is 11.6. The smallest absolute Gasteiger partial charge is 0.240 e. The van der Waals surface area contributed by atoms with Gasteiger partial charge in [-0.2, -0.15) is 5.26 Å². The number of rotatable bonds is 5. The van der Waals surface area contributed by atoms with Gasteiger partial charge in [0.15, 0.2) is 0 Å². The van der Waals surface area contributed by atoms with Gasteiger partial charge in [0, 0.05) is 30.2 Å². The molecule has 3 aromatic rings. The third-order valence-electron chi connectivity index (χ3n) is 4.88. The molecular weight excluding hydrogens is 462 g/mol. The molecule has 2 aromatic carbocycles. The molecule has 0 saturated heterocycles. The molecule has 166 valence electrons. The molecular formula is C23H18ClN5O3S. The first kappa shape index (κ1) is 22.4. The molecule has 1 aliphatic rings. The molecule has 4 rings (SSSR count). The fourth-order valence-corrected chi connectivity index (χ4v) is 4.24. The molecule has 0 bridgehead atoms. The second kappa shape index (κ2) is 8.96. The Labute approximate surface area is 196 Å². The van der Waals surface area contributed by atoms with Crippen molar-refractivity contribution < 1.29 is 13.2 Å². The van der Waals surface area contributed by atoms with E-state index in [4.69, 9.17) is 27.2 Å². The Kier molecular flexibility index (Phi) is 6.07. The molecule has 0 spiro atoms. The van der Waals surface area contributed by atoms with Gasteiger partial charge in [-0.25, -0.2) is 13.6 Å². The molecule has 0 unspecified atom stereocenters. The average Bonchev–Trinajstić information content (AvgIpc) is 2.79. The van der Waals surface area contributed by atoms with Crippen LogP contribution in [0, 0.1) is 11.3 Å². The van der Waals surface area contributed by atoms with Crippen LogP contribution in [-0.4, -0.2) is 19.9 Å². The van der Waals surface area contributed by atoms with Crippen molar-refractivity contribution in [2.24, 2.45) is 5.14 Å². The minimum atomic E-state index is -3.99. The number of nitrogen functional groups attached to an aromatic ring is 1. The van der Waals surface area contributed by atoms with E-state index >= 15 is 0 Å². The second-order valence-electron chi connectivity index (χ2n) is 7.10. The van der Waals surface area contributed by atoms with Gasteiger partial charge in [-0.15, -0.1) is 0 Å². The topological polar surface area (TPSA) is 135 Å². The quantitative estimate of drug-likeness (QED) is 0.568. The number of halogens is 1. The van der Waals surface area contributed by atoms with Crippen LogP contribution in [0.25, 0.3) is 11.3 Å². The zero-order chi connectivity index (χ0) is 23.6. The third kappa shape index (κ3) is 4.83. The number of ether oxygens (including phenoxy) is 1. The summed E-state index contributed by atoms with van der Waals surface area (Å²) >= 11 is 6.06. The zero-order valence-corrected chi connectivity index (χ0v) is 18.7. The second-order valence-corrected chi connectivity index (χ2v) is 9.04. The standard InChI is InChI=1S/C23H18ClN5O3S/c24-19-2-1-3-22(18(19)14-25)32-17-7-10-29(11-8-17)21-12-15(4-5-23(21)33(27,30)31)20-13-16(26)6-9-28-20/h1-10,12-13H,11H2,(H2,26,28)(H2,27,30,31).